The van der Waals surface area contributed by atoms with Crippen LogP contribution in [0.5, 0.6) is 0 Å². The molecule has 0 saturated carbocycles. The van der Waals surface area contributed by atoms with Gasteiger partial charge in [-0.2, -0.15) is 0 Å². The van der Waals surface area contributed by atoms with Crippen molar-refractivity contribution in [3.63, 3.8) is 0 Å². The van der Waals surface area contributed by atoms with Gasteiger partial charge in [0.15, 0.2) is 0 Å². The summed E-state index contributed by atoms with van der Waals surface area (Å²) in [5.41, 5.74) is 5.55. The van der Waals surface area contributed by atoms with Gasteiger partial charge in [0, 0.05) is 28.3 Å². The quantitative estimate of drug-likeness (QED) is 0.802. The van der Waals surface area contributed by atoms with Crippen LogP contribution in [0.25, 0.3) is 10.9 Å². The van der Waals surface area contributed by atoms with Crippen LogP contribution >= 0.6 is 0 Å². The highest BCUT2D eigenvalue weighted by molar-refractivity contribution is 5.88. The number of H-pyrrole nitrogens is 1. The van der Waals surface area contributed by atoms with Gasteiger partial charge in [-0.3, -0.25) is 0 Å². The van der Waals surface area contributed by atoms with E-state index in [4.69, 9.17) is 0 Å². The Kier molecular flexibility index (Phi) is 2.58. The summed E-state index contributed by atoms with van der Waals surface area (Å²) in [5.74, 6) is 0. The smallest absolute Gasteiger partial charge is 0.0460 e. The third-order valence-corrected chi connectivity index (χ3v) is 3.55. The minimum atomic E-state index is 0.488. The van der Waals surface area contributed by atoms with Crippen molar-refractivity contribution < 1.29 is 0 Å². The van der Waals surface area contributed by atoms with Crippen LogP contribution in [0, 0.1) is 0 Å². The topological polar surface area (TPSA) is 27.8 Å². The summed E-state index contributed by atoms with van der Waals surface area (Å²) >= 11 is 0. The first kappa shape index (κ1) is 10.7. The predicted molar refractivity (Wildman–Crippen MR) is 73.7 cm³/mol. The van der Waals surface area contributed by atoms with Crippen LogP contribution in [0.15, 0.2) is 18.2 Å². The molecule has 0 radical (unpaired) electrons. The van der Waals surface area contributed by atoms with Crippen molar-refractivity contribution in [1.82, 2.24) is 4.98 Å². The number of benzene rings is 1. The van der Waals surface area contributed by atoms with Gasteiger partial charge in [-0.1, -0.05) is 0 Å². The van der Waals surface area contributed by atoms with E-state index in [1.54, 1.807) is 5.56 Å². The summed E-state index contributed by atoms with van der Waals surface area (Å²) in [5, 5.41) is 4.90. The average Bonchev–Trinajstić information content (AvgIpc) is 2.66. The SMILES string of the molecule is CC(C)Nc1ccc2[nH]c3c(c2c1)CCCC3. The van der Waals surface area contributed by atoms with Crippen molar-refractivity contribution in [2.45, 2.75) is 45.6 Å². The molecule has 3 rings (SSSR count). The van der Waals surface area contributed by atoms with Crippen LogP contribution in [-0.2, 0) is 12.8 Å². The van der Waals surface area contributed by atoms with E-state index in [9.17, 15) is 0 Å². The number of aromatic nitrogens is 1. The lowest BCUT2D eigenvalue weighted by Gasteiger charge is -2.12. The first-order chi connectivity index (χ1) is 8.24. The van der Waals surface area contributed by atoms with Gasteiger partial charge in [0.2, 0.25) is 0 Å². The third kappa shape index (κ3) is 1.92. The average molecular weight is 228 g/mol. The van der Waals surface area contributed by atoms with Crippen LogP contribution in [0.1, 0.15) is 37.9 Å². The molecule has 1 aliphatic carbocycles. The van der Waals surface area contributed by atoms with E-state index < -0.39 is 0 Å². The first-order valence-electron chi connectivity index (χ1n) is 6.64. The molecule has 0 bridgehead atoms. The highest BCUT2D eigenvalue weighted by Crippen LogP contribution is 2.30. The Bertz CT molecular complexity index is 537. The monoisotopic (exact) mass is 228 g/mol. The molecule has 2 N–H and O–H groups in total. The lowest BCUT2D eigenvalue weighted by atomic mass is 9.95. The summed E-state index contributed by atoms with van der Waals surface area (Å²) in [6.45, 7) is 4.35. The number of aryl methyl sites for hydroxylation is 2. The van der Waals surface area contributed by atoms with Crippen LogP contribution in [0.3, 0.4) is 0 Å². The molecule has 90 valence electrons. The molecule has 2 nitrogen and oxygen atoms in total. The second kappa shape index (κ2) is 4.10. The fourth-order valence-electron chi connectivity index (χ4n) is 2.83. The molecule has 1 aromatic carbocycles. The molecule has 0 atom stereocenters. The largest absolute Gasteiger partial charge is 0.383 e. The third-order valence-electron chi connectivity index (χ3n) is 3.55. The molecule has 0 saturated heterocycles. The van der Waals surface area contributed by atoms with Crippen molar-refractivity contribution in [1.29, 1.82) is 0 Å². The van der Waals surface area contributed by atoms with Gasteiger partial charge in [0.05, 0.1) is 0 Å². The van der Waals surface area contributed by atoms with Crippen LogP contribution < -0.4 is 5.32 Å². The Labute approximate surface area is 102 Å². The number of hydrogen-bond donors (Lipinski definition) is 2. The summed E-state index contributed by atoms with van der Waals surface area (Å²) < 4.78 is 0. The molecule has 1 heterocycles. The lowest BCUT2D eigenvalue weighted by Crippen LogP contribution is -2.09. The molecule has 2 heteroatoms. The Morgan fingerprint density at radius 1 is 1.18 bits per heavy atom. The van der Waals surface area contributed by atoms with Crippen LogP contribution in [0.4, 0.5) is 5.69 Å². The van der Waals surface area contributed by atoms with E-state index in [1.807, 2.05) is 0 Å². The Morgan fingerprint density at radius 2 is 2.00 bits per heavy atom. The maximum Gasteiger partial charge on any atom is 0.0460 e. The van der Waals surface area contributed by atoms with E-state index in [1.165, 1.54) is 48.0 Å². The molecule has 0 aliphatic heterocycles. The number of rotatable bonds is 2. The van der Waals surface area contributed by atoms with Gasteiger partial charge < -0.3 is 10.3 Å². The Hall–Kier alpha value is -1.44. The minimum Gasteiger partial charge on any atom is -0.383 e. The zero-order chi connectivity index (χ0) is 11.8. The molecule has 1 aliphatic rings. The number of hydrogen-bond acceptors (Lipinski definition) is 1. The van der Waals surface area contributed by atoms with Crippen molar-refractivity contribution >= 4 is 16.6 Å². The Balaban J connectivity index is 2.08. The molecule has 0 spiro atoms. The normalized spacial score (nSPS) is 15.2. The highest BCUT2D eigenvalue weighted by Gasteiger charge is 2.15. The van der Waals surface area contributed by atoms with Crippen molar-refractivity contribution in [3.8, 4) is 0 Å². The maximum absolute atomic E-state index is 3.57. The summed E-state index contributed by atoms with van der Waals surface area (Å²) in [4.78, 5) is 3.57. The van der Waals surface area contributed by atoms with E-state index in [-0.39, 0.29) is 0 Å². The number of fused-ring (bicyclic) bond motifs is 3. The molecular weight excluding hydrogens is 208 g/mol. The predicted octanol–water partition coefficient (Wildman–Crippen LogP) is 3.87. The second-order valence-corrected chi connectivity index (χ2v) is 5.35. The molecule has 0 unspecified atom stereocenters. The molecule has 17 heavy (non-hydrogen) atoms. The summed E-state index contributed by atoms with van der Waals surface area (Å²) in [6.07, 6.45) is 5.12. The van der Waals surface area contributed by atoms with Gasteiger partial charge in [-0.15, -0.1) is 0 Å². The van der Waals surface area contributed by atoms with Crippen LogP contribution in [-0.4, -0.2) is 11.0 Å². The van der Waals surface area contributed by atoms with Crippen LogP contribution in [0.2, 0.25) is 0 Å². The molecule has 0 fully saturated rings. The Morgan fingerprint density at radius 3 is 2.82 bits per heavy atom. The summed E-state index contributed by atoms with van der Waals surface area (Å²) in [7, 11) is 0. The number of nitrogens with one attached hydrogen (secondary N) is 2. The second-order valence-electron chi connectivity index (χ2n) is 5.35. The minimum absolute atomic E-state index is 0.488. The van der Waals surface area contributed by atoms with Gasteiger partial charge in [-0.25, -0.2) is 0 Å². The highest BCUT2D eigenvalue weighted by atomic mass is 14.9. The number of anilines is 1. The fraction of sp³-hybridized carbons (Fsp3) is 0.467. The summed E-state index contributed by atoms with van der Waals surface area (Å²) in [6, 6.07) is 7.17. The van der Waals surface area contributed by atoms with Gasteiger partial charge in [0.25, 0.3) is 0 Å². The van der Waals surface area contributed by atoms with Crippen molar-refractivity contribution in [2.75, 3.05) is 5.32 Å². The van der Waals surface area contributed by atoms with Gasteiger partial charge >= 0.3 is 0 Å². The zero-order valence-electron chi connectivity index (χ0n) is 10.6. The van der Waals surface area contributed by atoms with E-state index in [0.29, 0.717) is 6.04 Å². The van der Waals surface area contributed by atoms with Crippen molar-refractivity contribution in [3.05, 3.63) is 29.5 Å². The first-order valence-corrected chi connectivity index (χ1v) is 6.64. The number of aromatic amines is 1. The van der Waals surface area contributed by atoms with E-state index in [0.717, 1.165) is 0 Å². The lowest BCUT2D eigenvalue weighted by molar-refractivity contribution is 0.680. The van der Waals surface area contributed by atoms with Crippen molar-refractivity contribution in [2.24, 2.45) is 0 Å². The fourth-order valence-corrected chi connectivity index (χ4v) is 2.83. The molecule has 1 aromatic heterocycles. The molecule has 2 aromatic rings. The zero-order valence-corrected chi connectivity index (χ0v) is 10.6. The van der Waals surface area contributed by atoms with E-state index >= 15 is 0 Å². The maximum atomic E-state index is 3.57. The molecular formula is C15H20N2. The molecule has 0 amide bonds. The van der Waals surface area contributed by atoms with Gasteiger partial charge in [0.1, 0.15) is 0 Å². The standard InChI is InChI=1S/C15H20N2/c1-10(2)16-11-7-8-15-13(9-11)12-5-3-4-6-14(12)17-15/h7-10,16-17H,3-6H2,1-2H3. The van der Waals surface area contributed by atoms with Gasteiger partial charge in [-0.05, 0) is 63.3 Å². The van der Waals surface area contributed by atoms with E-state index in [2.05, 4.69) is 42.3 Å².